The lowest BCUT2D eigenvalue weighted by Crippen LogP contribution is -2.14. The Kier molecular flexibility index (Phi) is 5.43. The second kappa shape index (κ2) is 8.31. The van der Waals surface area contributed by atoms with Gasteiger partial charge in [0, 0.05) is 28.8 Å². The molecule has 0 saturated heterocycles. The molecule has 1 aromatic heterocycles. The summed E-state index contributed by atoms with van der Waals surface area (Å²) in [6.45, 7) is 0.589. The lowest BCUT2D eigenvalue weighted by Gasteiger charge is -2.05. The first kappa shape index (κ1) is 18.3. The second-order valence-corrected chi connectivity index (χ2v) is 7.53. The Morgan fingerprint density at radius 1 is 1.04 bits per heavy atom. The summed E-state index contributed by atoms with van der Waals surface area (Å²) in [6, 6.07) is 16.7. The van der Waals surface area contributed by atoms with E-state index in [0.29, 0.717) is 6.54 Å². The van der Waals surface area contributed by atoms with E-state index in [1.54, 1.807) is 12.1 Å². The van der Waals surface area contributed by atoms with Crippen LogP contribution in [0.25, 0.3) is 11.3 Å². The third-order valence-electron chi connectivity index (χ3n) is 4.72. The van der Waals surface area contributed by atoms with E-state index in [9.17, 15) is 10.1 Å². The monoisotopic (exact) mass is 392 g/mol. The molecule has 0 radical (unpaired) electrons. The van der Waals surface area contributed by atoms with Gasteiger partial charge in [0.2, 0.25) is 4.80 Å². The fraction of sp³-hybridized carbons (Fsp3) is 0.238. The molecule has 4 rings (SSSR count). The average Bonchev–Trinajstić information content (AvgIpc) is 3.38. The molecule has 0 unspecified atom stereocenters. The van der Waals surface area contributed by atoms with Gasteiger partial charge in [-0.05, 0) is 43.4 Å². The van der Waals surface area contributed by atoms with Crippen molar-refractivity contribution in [3.05, 3.63) is 80.5 Å². The highest BCUT2D eigenvalue weighted by molar-refractivity contribution is 7.07. The van der Waals surface area contributed by atoms with Gasteiger partial charge in [0.1, 0.15) is 0 Å². The normalized spacial score (nSPS) is 14.4. The molecule has 0 N–H and O–H groups in total. The van der Waals surface area contributed by atoms with Gasteiger partial charge in [-0.3, -0.25) is 15.1 Å². The topological polar surface area (TPSA) is 72.8 Å². The molecular formula is C21H20N4O2S. The molecule has 0 bridgehead atoms. The summed E-state index contributed by atoms with van der Waals surface area (Å²) in [5, 5.41) is 17.8. The van der Waals surface area contributed by atoms with Crippen LogP contribution in [0.5, 0.6) is 0 Å². The number of non-ortho nitro benzene ring substituents is 1. The Labute approximate surface area is 166 Å². The molecule has 1 saturated carbocycles. The van der Waals surface area contributed by atoms with Crippen LogP contribution in [0.2, 0.25) is 0 Å². The van der Waals surface area contributed by atoms with Crippen molar-refractivity contribution in [3.8, 4) is 11.3 Å². The van der Waals surface area contributed by atoms with Gasteiger partial charge < -0.3 is 0 Å². The Morgan fingerprint density at radius 2 is 1.75 bits per heavy atom. The zero-order valence-electron chi connectivity index (χ0n) is 15.3. The molecule has 142 valence electrons. The predicted octanol–water partition coefficient (Wildman–Crippen LogP) is 5.00. The summed E-state index contributed by atoms with van der Waals surface area (Å²) in [5.41, 5.74) is 4.22. The number of hydrogen-bond acceptors (Lipinski definition) is 5. The van der Waals surface area contributed by atoms with E-state index in [1.807, 2.05) is 28.3 Å². The Balaban J connectivity index is 1.74. The van der Waals surface area contributed by atoms with E-state index < -0.39 is 0 Å². The van der Waals surface area contributed by atoms with E-state index in [2.05, 4.69) is 12.1 Å². The molecule has 6 nitrogen and oxygen atoms in total. The molecule has 0 atom stereocenters. The molecule has 28 heavy (non-hydrogen) atoms. The number of aromatic nitrogens is 1. The number of nitro groups is 1. The largest absolute Gasteiger partial charge is 0.269 e. The van der Waals surface area contributed by atoms with Gasteiger partial charge >= 0.3 is 0 Å². The molecule has 0 spiro atoms. The third-order valence-corrected chi connectivity index (χ3v) is 5.58. The van der Waals surface area contributed by atoms with Crippen molar-refractivity contribution < 1.29 is 4.92 Å². The quantitative estimate of drug-likeness (QED) is 0.452. The first-order valence-electron chi connectivity index (χ1n) is 9.27. The standard InChI is InChI=1S/C21H20N4O2S/c26-25(27)19-12-10-17(11-13-19)20-15-28-21(22-14-16-6-2-1-3-7-16)24(20)23-18-8-4-5-9-18/h1-3,6-7,10-13,15H,4-5,8-9,14H2. The van der Waals surface area contributed by atoms with Gasteiger partial charge in [0.25, 0.3) is 5.69 Å². The minimum Gasteiger partial charge on any atom is -0.258 e. The molecule has 1 aliphatic carbocycles. The minimum atomic E-state index is -0.384. The van der Waals surface area contributed by atoms with Crippen LogP contribution in [0.4, 0.5) is 5.69 Å². The molecule has 7 heteroatoms. The highest BCUT2D eigenvalue weighted by Crippen LogP contribution is 2.24. The Hall–Kier alpha value is -3.06. The zero-order valence-corrected chi connectivity index (χ0v) is 16.1. The smallest absolute Gasteiger partial charge is 0.258 e. The number of hydrogen-bond donors (Lipinski definition) is 0. The van der Waals surface area contributed by atoms with Gasteiger partial charge in [-0.25, -0.2) is 4.68 Å². The maximum Gasteiger partial charge on any atom is 0.269 e. The summed E-state index contributed by atoms with van der Waals surface area (Å²) in [6.07, 6.45) is 4.38. The maximum atomic E-state index is 10.9. The lowest BCUT2D eigenvalue weighted by molar-refractivity contribution is -0.384. The van der Waals surface area contributed by atoms with Crippen LogP contribution in [0.15, 0.2) is 70.1 Å². The van der Waals surface area contributed by atoms with Crippen molar-refractivity contribution in [2.45, 2.75) is 32.2 Å². The van der Waals surface area contributed by atoms with E-state index in [0.717, 1.165) is 34.5 Å². The zero-order chi connectivity index (χ0) is 19.3. The highest BCUT2D eigenvalue weighted by Gasteiger charge is 2.13. The van der Waals surface area contributed by atoms with Crippen LogP contribution in [0.3, 0.4) is 0 Å². The fourth-order valence-electron chi connectivity index (χ4n) is 3.22. The average molecular weight is 392 g/mol. The molecule has 2 aromatic carbocycles. The maximum absolute atomic E-state index is 10.9. The molecular weight excluding hydrogens is 372 g/mol. The molecule has 1 heterocycles. The summed E-state index contributed by atoms with van der Waals surface area (Å²) >= 11 is 1.54. The van der Waals surface area contributed by atoms with Crippen LogP contribution in [0.1, 0.15) is 31.2 Å². The van der Waals surface area contributed by atoms with Crippen molar-refractivity contribution in [2.24, 2.45) is 10.1 Å². The third kappa shape index (κ3) is 4.09. The van der Waals surface area contributed by atoms with E-state index in [-0.39, 0.29) is 10.6 Å². The summed E-state index contributed by atoms with van der Waals surface area (Å²) in [5.74, 6) is 0. The first-order valence-corrected chi connectivity index (χ1v) is 10.2. The van der Waals surface area contributed by atoms with Crippen molar-refractivity contribution in [1.82, 2.24) is 4.68 Å². The second-order valence-electron chi connectivity index (χ2n) is 6.69. The lowest BCUT2D eigenvalue weighted by atomic mass is 10.1. The number of nitro benzene ring substituents is 1. The van der Waals surface area contributed by atoms with Crippen LogP contribution < -0.4 is 4.80 Å². The van der Waals surface area contributed by atoms with Crippen molar-refractivity contribution in [3.63, 3.8) is 0 Å². The van der Waals surface area contributed by atoms with E-state index in [1.165, 1.54) is 42.0 Å². The van der Waals surface area contributed by atoms with Crippen LogP contribution in [0, 0.1) is 10.1 Å². The summed E-state index contributed by atoms with van der Waals surface area (Å²) in [7, 11) is 0. The first-order chi connectivity index (χ1) is 13.7. The number of nitrogens with zero attached hydrogens (tertiary/aromatic N) is 4. The SMILES string of the molecule is O=[N+]([O-])c1ccc(-c2csc(=NCc3ccccc3)n2N=C2CCCC2)cc1. The number of benzene rings is 2. The molecule has 3 aromatic rings. The van der Waals surface area contributed by atoms with Crippen LogP contribution in [-0.4, -0.2) is 15.3 Å². The number of thiazole rings is 1. The van der Waals surface area contributed by atoms with Crippen molar-refractivity contribution in [2.75, 3.05) is 0 Å². The molecule has 1 aliphatic rings. The fourth-order valence-corrected chi connectivity index (χ4v) is 4.05. The minimum absolute atomic E-state index is 0.0848. The van der Waals surface area contributed by atoms with Crippen molar-refractivity contribution >= 4 is 22.7 Å². The van der Waals surface area contributed by atoms with Gasteiger partial charge in [0.15, 0.2) is 0 Å². The van der Waals surface area contributed by atoms with Crippen molar-refractivity contribution in [1.29, 1.82) is 0 Å². The molecule has 1 fully saturated rings. The molecule has 0 aliphatic heterocycles. The van der Waals surface area contributed by atoms with E-state index >= 15 is 0 Å². The summed E-state index contributed by atoms with van der Waals surface area (Å²) in [4.78, 5) is 16.2. The van der Waals surface area contributed by atoms with Crippen LogP contribution in [-0.2, 0) is 6.54 Å². The highest BCUT2D eigenvalue weighted by atomic mass is 32.1. The van der Waals surface area contributed by atoms with Gasteiger partial charge in [-0.2, -0.15) is 5.10 Å². The van der Waals surface area contributed by atoms with E-state index in [4.69, 9.17) is 10.1 Å². The molecule has 0 amide bonds. The summed E-state index contributed by atoms with van der Waals surface area (Å²) < 4.78 is 1.90. The predicted molar refractivity (Wildman–Crippen MR) is 111 cm³/mol. The number of rotatable bonds is 5. The van der Waals surface area contributed by atoms with Gasteiger partial charge in [-0.15, -0.1) is 11.3 Å². The Morgan fingerprint density at radius 3 is 2.43 bits per heavy atom. The van der Waals surface area contributed by atoms with Gasteiger partial charge in [-0.1, -0.05) is 30.3 Å². The van der Waals surface area contributed by atoms with Crippen LogP contribution >= 0.6 is 11.3 Å². The Bertz CT molecular complexity index is 1060. The van der Waals surface area contributed by atoms with Gasteiger partial charge in [0.05, 0.1) is 17.2 Å².